The van der Waals surface area contributed by atoms with Crippen LogP contribution < -0.4 is 5.32 Å². The average molecular weight is 483 g/mol. The van der Waals surface area contributed by atoms with Crippen LogP contribution in [0.25, 0.3) is 21.6 Å². The van der Waals surface area contributed by atoms with Crippen molar-refractivity contribution in [1.82, 2.24) is 24.7 Å². The number of nitrogens with zero attached hydrogens (tertiary/aromatic N) is 5. The summed E-state index contributed by atoms with van der Waals surface area (Å²) < 4.78 is 16.3. The fourth-order valence-electron chi connectivity index (χ4n) is 4.28. The van der Waals surface area contributed by atoms with Crippen molar-refractivity contribution in [3.05, 3.63) is 48.5 Å². The third-order valence-corrected chi connectivity index (χ3v) is 7.79. The number of anilines is 1. The third-order valence-electron chi connectivity index (χ3n) is 5.91. The Morgan fingerprint density at radius 3 is 2.97 bits per heavy atom. The van der Waals surface area contributed by atoms with Gasteiger partial charge in [0.15, 0.2) is 16.1 Å². The van der Waals surface area contributed by atoms with Gasteiger partial charge in [-0.25, -0.2) is 9.37 Å². The SMILES string of the molecule is C[C@H]1CCCC[C@@H]1n1c(SCC(=O)Nc2nc3ccc(F)cc3s2)nnc1-c1cccnc1. The minimum Gasteiger partial charge on any atom is -0.301 e. The van der Waals surface area contributed by atoms with Gasteiger partial charge in [0.1, 0.15) is 5.82 Å². The molecule has 1 N–H and O–H groups in total. The number of nitrogens with one attached hydrogen (secondary N) is 1. The predicted octanol–water partition coefficient (Wildman–Crippen LogP) is 5.57. The molecule has 5 rings (SSSR count). The fraction of sp³-hybridized carbons (Fsp3) is 0.348. The molecule has 0 saturated heterocycles. The van der Waals surface area contributed by atoms with Crippen LogP contribution >= 0.6 is 23.1 Å². The van der Waals surface area contributed by atoms with Crippen LogP contribution in [-0.4, -0.2) is 36.4 Å². The van der Waals surface area contributed by atoms with Crippen LogP contribution in [0.15, 0.2) is 47.9 Å². The smallest absolute Gasteiger partial charge is 0.236 e. The monoisotopic (exact) mass is 482 g/mol. The first kappa shape index (κ1) is 22.0. The summed E-state index contributed by atoms with van der Waals surface area (Å²) in [5.41, 5.74) is 1.58. The maximum atomic E-state index is 13.4. The van der Waals surface area contributed by atoms with E-state index in [4.69, 9.17) is 0 Å². The molecule has 2 atom stereocenters. The number of thioether (sulfide) groups is 1. The summed E-state index contributed by atoms with van der Waals surface area (Å²) in [4.78, 5) is 21.3. The highest BCUT2D eigenvalue weighted by molar-refractivity contribution is 7.99. The maximum absolute atomic E-state index is 13.4. The van der Waals surface area contributed by atoms with Crippen LogP contribution in [0.2, 0.25) is 0 Å². The maximum Gasteiger partial charge on any atom is 0.236 e. The zero-order chi connectivity index (χ0) is 22.8. The fourth-order valence-corrected chi connectivity index (χ4v) is 5.98. The molecule has 0 spiro atoms. The molecule has 1 saturated carbocycles. The van der Waals surface area contributed by atoms with Gasteiger partial charge in [-0.05, 0) is 49.1 Å². The van der Waals surface area contributed by atoms with E-state index in [1.165, 1.54) is 48.1 Å². The van der Waals surface area contributed by atoms with Gasteiger partial charge in [-0.1, -0.05) is 42.9 Å². The number of benzene rings is 1. The molecule has 10 heteroatoms. The molecule has 1 amide bonds. The molecule has 0 aliphatic heterocycles. The normalized spacial score (nSPS) is 18.5. The molecule has 4 aromatic rings. The first-order valence-corrected chi connectivity index (χ1v) is 12.7. The molecule has 3 heterocycles. The van der Waals surface area contributed by atoms with Crippen molar-refractivity contribution in [2.75, 3.05) is 11.1 Å². The molecule has 0 unspecified atom stereocenters. The highest BCUT2D eigenvalue weighted by atomic mass is 32.2. The zero-order valence-electron chi connectivity index (χ0n) is 18.1. The van der Waals surface area contributed by atoms with Gasteiger partial charge >= 0.3 is 0 Å². The Bertz CT molecular complexity index is 1270. The van der Waals surface area contributed by atoms with Crippen molar-refractivity contribution in [1.29, 1.82) is 0 Å². The molecule has 1 aromatic carbocycles. The standard InChI is InChI=1S/C23H23FN6OS2/c1-14-5-2-3-7-18(14)30-21(15-6-4-10-25-12-15)28-29-23(30)32-13-20(31)27-22-26-17-9-8-16(24)11-19(17)33-22/h4,6,8-12,14,18H,2-3,5,7,13H2,1H3,(H,26,27,31)/t14-,18-/m0/s1. The molecule has 7 nitrogen and oxygen atoms in total. The summed E-state index contributed by atoms with van der Waals surface area (Å²) in [6, 6.07) is 8.56. The molecule has 1 aliphatic carbocycles. The zero-order valence-corrected chi connectivity index (χ0v) is 19.7. The van der Waals surface area contributed by atoms with Crippen molar-refractivity contribution < 1.29 is 9.18 Å². The number of rotatable bonds is 6. The number of fused-ring (bicyclic) bond motifs is 1. The molecule has 33 heavy (non-hydrogen) atoms. The number of amides is 1. The van der Waals surface area contributed by atoms with Gasteiger partial charge in [-0.3, -0.25) is 14.3 Å². The Labute approximate surface area is 198 Å². The largest absolute Gasteiger partial charge is 0.301 e. The van der Waals surface area contributed by atoms with Crippen molar-refractivity contribution in [3.8, 4) is 11.4 Å². The highest BCUT2D eigenvalue weighted by Crippen LogP contribution is 2.39. The van der Waals surface area contributed by atoms with Crippen LogP contribution in [0.1, 0.15) is 38.6 Å². The number of pyridine rings is 1. The van der Waals surface area contributed by atoms with E-state index in [1.807, 2.05) is 12.1 Å². The molecule has 0 radical (unpaired) electrons. The molecule has 3 aromatic heterocycles. The van der Waals surface area contributed by atoms with Crippen LogP contribution in [0, 0.1) is 11.7 Å². The van der Waals surface area contributed by atoms with Crippen molar-refractivity contribution >= 4 is 44.4 Å². The summed E-state index contributed by atoms with van der Waals surface area (Å²) in [6.07, 6.45) is 8.17. The second kappa shape index (κ2) is 9.56. The van der Waals surface area contributed by atoms with Crippen LogP contribution in [0.3, 0.4) is 0 Å². The highest BCUT2D eigenvalue weighted by Gasteiger charge is 2.29. The van der Waals surface area contributed by atoms with Crippen LogP contribution in [-0.2, 0) is 4.79 Å². The second-order valence-corrected chi connectivity index (χ2v) is 10.2. The summed E-state index contributed by atoms with van der Waals surface area (Å²) in [7, 11) is 0. The minimum absolute atomic E-state index is 0.177. The summed E-state index contributed by atoms with van der Waals surface area (Å²) >= 11 is 2.63. The van der Waals surface area contributed by atoms with Gasteiger partial charge in [-0.2, -0.15) is 0 Å². The van der Waals surface area contributed by atoms with Crippen molar-refractivity contribution in [2.24, 2.45) is 5.92 Å². The van der Waals surface area contributed by atoms with Gasteiger partial charge in [0, 0.05) is 24.0 Å². The predicted molar refractivity (Wildman–Crippen MR) is 129 cm³/mol. The Balaban J connectivity index is 1.35. The minimum atomic E-state index is -0.319. The topological polar surface area (TPSA) is 85.6 Å². The van der Waals surface area contributed by atoms with E-state index < -0.39 is 0 Å². The number of aromatic nitrogens is 5. The number of halogens is 1. The van der Waals surface area contributed by atoms with Crippen LogP contribution in [0.5, 0.6) is 0 Å². The van der Waals surface area contributed by atoms with E-state index in [0.29, 0.717) is 21.3 Å². The van der Waals surface area contributed by atoms with E-state index in [1.54, 1.807) is 18.5 Å². The quantitative estimate of drug-likeness (QED) is 0.362. The van der Waals surface area contributed by atoms with Gasteiger partial charge in [-0.15, -0.1) is 10.2 Å². The van der Waals surface area contributed by atoms with E-state index in [2.05, 4.69) is 37.0 Å². The first-order valence-electron chi connectivity index (χ1n) is 10.9. The Morgan fingerprint density at radius 2 is 2.15 bits per heavy atom. The lowest BCUT2D eigenvalue weighted by molar-refractivity contribution is -0.113. The van der Waals surface area contributed by atoms with E-state index in [0.717, 1.165) is 29.4 Å². The Morgan fingerprint density at radius 1 is 1.27 bits per heavy atom. The van der Waals surface area contributed by atoms with Gasteiger partial charge < -0.3 is 5.32 Å². The van der Waals surface area contributed by atoms with E-state index in [9.17, 15) is 9.18 Å². The molecular weight excluding hydrogens is 459 g/mol. The van der Waals surface area contributed by atoms with E-state index >= 15 is 0 Å². The number of carbonyl (C=O) groups excluding carboxylic acids is 1. The Kier molecular flexibility index (Phi) is 6.37. The number of carbonyl (C=O) groups is 1. The number of thiazole rings is 1. The van der Waals surface area contributed by atoms with Crippen LogP contribution in [0.4, 0.5) is 9.52 Å². The lowest BCUT2D eigenvalue weighted by Crippen LogP contribution is -2.23. The number of hydrogen-bond donors (Lipinski definition) is 1. The van der Waals surface area contributed by atoms with E-state index in [-0.39, 0.29) is 23.5 Å². The lowest BCUT2D eigenvalue weighted by atomic mass is 9.85. The average Bonchev–Trinajstić information content (AvgIpc) is 3.42. The van der Waals surface area contributed by atoms with Gasteiger partial charge in [0.2, 0.25) is 5.91 Å². The molecule has 0 bridgehead atoms. The number of hydrogen-bond acceptors (Lipinski definition) is 7. The van der Waals surface area contributed by atoms with Gasteiger partial charge in [0.05, 0.1) is 16.0 Å². The molecule has 170 valence electrons. The van der Waals surface area contributed by atoms with Crippen molar-refractivity contribution in [3.63, 3.8) is 0 Å². The lowest BCUT2D eigenvalue weighted by Gasteiger charge is -2.31. The third kappa shape index (κ3) is 4.77. The second-order valence-electron chi connectivity index (χ2n) is 8.21. The van der Waals surface area contributed by atoms with Gasteiger partial charge in [0.25, 0.3) is 0 Å². The molecule has 1 aliphatic rings. The first-order chi connectivity index (χ1) is 16.1. The summed E-state index contributed by atoms with van der Waals surface area (Å²) in [5.74, 6) is 0.963. The molecular formula is C23H23FN6OS2. The summed E-state index contributed by atoms with van der Waals surface area (Å²) in [6.45, 7) is 2.27. The summed E-state index contributed by atoms with van der Waals surface area (Å²) in [5, 5.41) is 12.9. The Hall–Kier alpha value is -2.85. The van der Waals surface area contributed by atoms with Crippen molar-refractivity contribution in [2.45, 2.75) is 43.8 Å². The molecule has 1 fully saturated rings.